The SMILES string of the molecule is CCNC(=O)c1cccc(CNC(=O)c2nnn(-c3cccc(C)c3)c2C)c1. The smallest absolute Gasteiger partial charge is 0.274 e. The average Bonchev–Trinajstić information content (AvgIpc) is 3.08. The molecule has 0 saturated heterocycles. The molecule has 1 aromatic heterocycles. The van der Waals surface area contributed by atoms with Gasteiger partial charge in [0.05, 0.1) is 11.4 Å². The van der Waals surface area contributed by atoms with Crippen LogP contribution < -0.4 is 10.6 Å². The zero-order valence-electron chi connectivity index (χ0n) is 16.2. The van der Waals surface area contributed by atoms with E-state index in [2.05, 4.69) is 20.9 Å². The molecule has 0 aliphatic carbocycles. The molecular formula is C21H23N5O2. The second-order valence-corrected chi connectivity index (χ2v) is 6.52. The minimum Gasteiger partial charge on any atom is -0.352 e. The van der Waals surface area contributed by atoms with Gasteiger partial charge in [0.15, 0.2) is 5.69 Å². The minimum atomic E-state index is -0.306. The number of aryl methyl sites for hydroxylation is 1. The Hall–Kier alpha value is -3.48. The van der Waals surface area contributed by atoms with E-state index >= 15 is 0 Å². The van der Waals surface area contributed by atoms with E-state index in [4.69, 9.17) is 0 Å². The number of carbonyl (C=O) groups excluding carboxylic acids is 2. The fourth-order valence-electron chi connectivity index (χ4n) is 2.90. The molecule has 0 fully saturated rings. The Labute approximate surface area is 163 Å². The minimum absolute atomic E-state index is 0.132. The molecule has 0 bridgehead atoms. The van der Waals surface area contributed by atoms with Crippen molar-refractivity contribution in [3.63, 3.8) is 0 Å². The summed E-state index contributed by atoms with van der Waals surface area (Å²) >= 11 is 0. The molecule has 28 heavy (non-hydrogen) atoms. The fraction of sp³-hybridized carbons (Fsp3) is 0.238. The van der Waals surface area contributed by atoms with Gasteiger partial charge in [-0.25, -0.2) is 4.68 Å². The lowest BCUT2D eigenvalue weighted by Gasteiger charge is -2.07. The molecule has 2 aromatic carbocycles. The summed E-state index contributed by atoms with van der Waals surface area (Å²) in [6.45, 7) is 6.54. The van der Waals surface area contributed by atoms with E-state index in [-0.39, 0.29) is 17.5 Å². The Kier molecular flexibility index (Phi) is 5.84. The highest BCUT2D eigenvalue weighted by Crippen LogP contribution is 2.14. The number of nitrogens with one attached hydrogen (secondary N) is 2. The zero-order chi connectivity index (χ0) is 20.1. The Balaban J connectivity index is 1.71. The lowest BCUT2D eigenvalue weighted by Crippen LogP contribution is -2.25. The van der Waals surface area contributed by atoms with E-state index in [0.29, 0.717) is 24.3 Å². The van der Waals surface area contributed by atoms with Crippen LogP contribution in [0.15, 0.2) is 48.5 Å². The molecule has 0 aliphatic rings. The van der Waals surface area contributed by atoms with Crippen molar-refractivity contribution in [2.24, 2.45) is 0 Å². The van der Waals surface area contributed by atoms with Crippen LogP contribution in [0.25, 0.3) is 5.69 Å². The van der Waals surface area contributed by atoms with E-state index in [1.54, 1.807) is 22.9 Å². The number of amides is 2. The van der Waals surface area contributed by atoms with Crippen molar-refractivity contribution in [2.75, 3.05) is 6.54 Å². The first-order valence-electron chi connectivity index (χ1n) is 9.14. The molecule has 0 spiro atoms. The van der Waals surface area contributed by atoms with Gasteiger partial charge in [0.1, 0.15) is 0 Å². The van der Waals surface area contributed by atoms with Crippen LogP contribution in [-0.2, 0) is 6.54 Å². The van der Waals surface area contributed by atoms with Crippen LogP contribution in [0, 0.1) is 13.8 Å². The molecule has 144 valence electrons. The highest BCUT2D eigenvalue weighted by atomic mass is 16.2. The molecule has 7 heteroatoms. The summed E-state index contributed by atoms with van der Waals surface area (Å²) in [6, 6.07) is 15.0. The second-order valence-electron chi connectivity index (χ2n) is 6.52. The number of rotatable bonds is 6. The number of nitrogens with zero attached hydrogens (tertiary/aromatic N) is 3. The molecule has 0 radical (unpaired) electrons. The van der Waals surface area contributed by atoms with Crippen molar-refractivity contribution in [1.82, 2.24) is 25.6 Å². The molecule has 0 atom stereocenters. The lowest BCUT2D eigenvalue weighted by atomic mass is 10.1. The van der Waals surface area contributed by atoms with Crippen LogP contribution in [0.5, 0.6) is 0 Å². The first kappa shape index (κ1) is 19.3. The van der Waals surface area contributed by atoms with Crippen molar-refractivity contribution in [1.29, 1.82) is 0 Å². The predicted octanol–water partition coefficient (Wildman–Crippen LogP) is 2.56. The summed E-state index contributed by atoms with van der Waals surface area (Å²) in [4.78, 5) is 24.5. The summed E-state index contributed by atoms with van der Waals surface area (Å²) in [7, 11) is 0. The van der Waals surface area contributed by atoms with Crippen LogP contribution in [0.3, 0.4) is 0 Å². The molecular weight excluding hydrogens is 354 g/mol. The maximum atomic E-state index is 12.6. The van der Waals surface area contributed by atoms with Crippen LogP contribution in [0.4, 0.5) is 0 Å². The van der Waals surface area contributed by atoms with Crippen LogP contribution in [0.2, 0.25) is 0 Å². The maximum Gasteiger partial charge on any atom is 0.274 e. The van der Waals surface area contributed by atoms with E-state index < -0.39 is 0 Å². The first-order chi connectivity index (χ1) is 13.5. The van der Waals surface area contributed by atoms with Gasteiger partial charge >= 0.3 is 0 Å². The fourth-order valence-corrected chi connectivity index (χ4v) is 2.90. The van der Waals surface area contributed by atoms with Gasteiger partial charge in [-0.15, -0.1) is 5.10 Å². The third kappa shape index (κ3) is 4.25. The summed E-state index contributed by atoms with van der Waals surface area (Å²) in [5, 5.41) is 13.8. The molecule has 3 rings (SSSR count). The molecule has 0 aliphatic heterocycles. The van der Waals surface area contributed by atoms with Crippen molar-refractivity contribution in [3.8, 4) is 5.69 Å². The second kappa shape index (κ2) is 8.47. The zero-order valence-corrected chi connectivity index (χ0v) is 16.2. The number of hydrogen-bond acceptors (Lipinski definition) is 4. The normalized spacial score (nSPS) is 10.5. The standard InChI is InChI=1S/C21H23N5O2/c1-4-22-20(27)17-9-6-8-16(12-17)13-23-21(28)19-15(3)26(25-24-19)18-10-5-7-14(2)11-18/h5-12H,4,13H2,1-3H3,(H,22,27)(H,23,28). The van der Waals surface area contributed by atoms with Crippen LogP contribution >= 0.6 is 0 Å². The van der Waals surface area contributed by atoms with Gasteiger partial charge in [-0.05, 0) is 56.2 Å². The van der Waals surface area contributed by atoms with Gasteiger partial charge in [-0.1, -0.05) is 29.5 Å². The van der Waals surface area contributed by atoms with Gasteiger partial charge in [0.25, 0.3) is 11.8 Å². The Bertz CT molecular complexity index is 1010. The monoisotopic (exact) mass is 377 g/mol. The summed E-state index contributed by atoms with van der Waals surface area (Å²) < 4.78 is 1.65. The van der Waals surface area contributed by atoms with Crippen molar-refractivity contribution in [2.45, 2.75) is 27.3 Å². The third-order valence-corrected chi connectivity index (χ3v) is 4.34. The van der Waals surface area contributed by atoms with Crippen LogP contribution in [-0.4, -0.2) is 33.4 Å². The number of carbonyl (C=O) groups is 2. The average molecular weight is 377 g/mol. The van der Waals surface area contributed by atoms with Crippen molar-refractivity contribution >= 4 is 11.8 Å². The molecule has 0 unspecified atom stereocenters. The van der Waals surface area contributed by atoms with Gasteiger partial charge in [-0.2, -0.15) is 0 Å². The molecule has 1 heterocycles. The Morgan fingerprint density at radius 3 is 2.54 bits per heavy atom. The summed E-state index contributed by atoms with van der Waals surface area (Å²) in [5.41, 5.74) is 4.31. The largest absolute Gasteiger partial charge is 0.352 e. The van der Waals surface area contributed by atoms with Gasteiger partial charge < -0.3 is 10.6 Å². The number of benzene rings is 2. The molecule has 0 saturated carbocycles. The van der Waals surface area contributed by atoms with Gasteiger partial charge in [-0.3, -0.25) is 9.59 Å². The topological polar surface area (TPSA) is 88.9 Å². The van der Waals surface area contributed by atoms with Crippen LogP contribution in [0.1, 0.15) is 44.6 Å². The van der Waals surface area contributed by atoms with Crippen molar-refractivity contribution < 1.29 is 9.59 Å². The number of hydrogen-bond donors (Lipinski definition) is 2. The van der Waals surface area contributed by atoms with Crippen molar-refractivity contribution in [3.05, 3.63) is 76.6 Å². The first-order valence-corrected chi connectivity index (χ1v) is 9.14. The van der Waals surface area contributed by atoms with E-state index in [1.807, 2.05) is 51.1 Å². The number of aromatic nitrogens is 3. The summed E-state index contributed by atoms with van der Waals surface area (Å²) in [5.74, 6) is -0.438. The quantitative estimate of drug-likeness (QED) is 0.691. The van der Waals surface area contributed by atoms with E-state index in [1.165, 1.54) is 0 Å². The van der Waals surface area contributed by atoms with E-state index in [0.717, 1.165) is 16.8 Å². The molecule has 7 nitrogen and oxygen atoms in total. The van der Waals surface area contributed by atoms with Gasteiger partial charge in [0.2, 0.25) is 0 Å². The Morgan fingerprint density at radius 2 is 1.79 bits per heavy atom. The molecule has 2 amide bonds. The van der Waals surface area contributed by atoms with E-state index in [9.17, 15) is 9.59 Å². The molecule has 3 aromatic rings. The molecule has 2 N–H and O–H groups in total. The van der Waals surface area contributed by atoms with Gasteiger partial charge in [0, 0.05) is 18.7 Å². The third-order valence-electron chi connectivity index (χ3n) is 4.34. The highest BCUT2D eigenvalue weighted by Gasteiger charge is 2.17. The maximum absolute atomic E-state index is 12.6. The Morgan fingerprint density at radius 1 is 1.00 bits per heavy atom. The predicted molar refractivity (Wildman–Crippen MR) is 106 cm³/mol. The lowest BCUT2D eigenvalue weighted by molar-refractivity contribution is 0.0942. The highest BCUT2D eigenvalue weighted by molar-refractivity contribution is 5.94. The summed E-state index contributed by atoms with van der Waals surface area (Å²) in [6.07, 6.45) is 0.